The number of hydrogen-bond acceptors (Lipinski definition) is 4. The number of benzene rings is 3. The Bertz CT molecular complexity index is 1290. The smallest absolute Gasteiger partial charge is 0.255 e. The molecule has 0 saturated heterocycles. The van der Waals surface area contributed by atoms with Gasteiger partial charge in [-0.25, -0.2) is 0 Å². The number of rotatable bonds is 7. The van der Waals surface area contributed by atoms with Crippen molar-refractivity contribution in [2.45, 2.75) is 19.4 Å². The molecule has 4 rings (SSSR count). The summed E-state index contributed by atoms with van der Waals surface area (Å²) in [6, 6.07) is 27.2. The first-order chi connectivity index (χ1) is 15.8. The third kappa shape index (κ3) is 5.33. The number of aliphatic hydroxyl groups is 1. The maximum Gasteiger partial charge on any atom is 0.255 e. The first-order valence-electron chi connectivity index (χ1n) is 10.8. The fourth-order valence-electron chi connectivity index (χ4n) is 3.54. The fraction of sp³-hybridized carbons (Fsp3) is 0.179. The van der Waals surface area contributed by atoms with E-state index >= 15 is 0 Å². The summed E-state index contributed by atoms with van der Waals surface area (Å²) in [5.74, 6) is 0.996. The molecule has 33 heavy (non-hydrogen) atoms. The highest BCUT2D eigenvalue weighted by Gasteiger charge is 2.16. The van der Waals surface area contributed by atoms with Gasteiger partial charge in [-0.15, -0.1) is 0 Å². The zero-order valence-corrected chi connectivity index (χ0v) is 19.0. The van der Waals surface area contributed by atoms with Crippen LogP contribution in [0.3, 0.4) is 0 Å². The second kappa shape index (κ2) is 9.35. The van der Waals surface area contributed by atoms with Crippen molar-refractivity contribution in [2.24, 2.45) is 0 Å². The van der Waals surface area contributed by atoms with Crippen molar-refractivity contribution in [1.82, 2.24) is 4.57 Å². The lowest BCUT2D eigenvalue weighted by molar-refractivity contribution is 0.0276. The summed E-state index contributed by atoms with van der Waals surface area (Å²) in [6.07, 6.45) is 1.76. The van der Waals surface area contributed by atoms with E-state index in [-0.39, 0.29) is 12.2 Å². The average molecular weight is 442 g/mol. The van der Waals surface area contributed by atoms with E-state index in [1.54, 1.807) is 56.0 Å². The fourth-order valence-corrected chi connectivity index (χ4v) is 3.54. The van der Waals surface area contributed by atoms with Gasteiger partial charge in [-0.2, -0.15) is 0 Å². The Hall–Kier alpha value is -3.83. The van der Waals surface area contributed by atoms with E-state index in [4.69, 9.17) is 9.47 Å². The number of ether oxygens (including phenoxy) is 2. The van der Waals surface area contributed by atoms with Crippen LogP contribution < -0.4 is 15.0 Å². The molecule has 5 heteroatoms. The molecule has 0 amide bonds. The first-order valence-corrected chi connectivity index (χ1v) is 10.8. The van der Waals surface area contributed by atoms with Gasteiger partial charge >= 0.3 is 0 Å². The van der Waals surface area contributed by atoms with Crippen molar-refractivity contribution in [3.8, 4) is 39.4 Å². The second-order valence-corrected chi connectivity index (χ2v) is 8.50. The lowest BCUT2D eigenvalue weighted by atomic mass is 10.0. The van der Waals surface area contributed by atoms with Crippen molar-refractivity contribution in [3.63, 3.8) is 0 Å². The number of aromatic nitrogens is 1. The topological polar surface area (TPSA) is 60.7 Å². The van der Waals surface area contributed by atoms with Gasteiger partial charge in [0, 0.05) is 18.3 Å². The molecule has 0 atom stereocenters. The SMILES string of the molecule is COc1cc(-n2ccc(-c3ccc(-c4ccccc4)cc3)cc2=O)ccc1OCC(C)(C)O. The van der Waals surface area contributed by atoms with Crippen LogP contribution in [0.2, 0.25) is 0 Å². The maximum absolute atomic E-state index is 12.9. The largest absolute Gasteiger partial charge is 0.493 e. The van der Waals surface area contributed by atoms with E-state index < -0.39 is 5.60 Å². The van der Waals surface area contributed by atoms with Crippen LogP contribution in [-0.4, -0.2) is 29.0 Å². The minimum absolute atomic E-state index is 0.125. The molecule has 0 unspecified atom stereocenters. The quantitative estimate of drug-likeness (QED) is 0.421. The van der Waals surface area contributed by atoms with Crippen LogP contribution in [0.4, 0.5) is 0 Å². The Morgan fingerprint density at radius 3 is 2.03 bits per heavy atom. The lowest BCUT2D eigenvalue weighted by Gasteiger charge is -2.19. The molecule has 0 saturated carbocycles. The normalized spacial score (nSPS) is 11.3. The molecule has 1 N–H and O–H groups in total. The third-order valence-electron chi connectivity index (χ3n) is 5.25. The molecule has 4 aromatic rings. The minimum atomic E-state index is -0.963. The van der Waals surface area contributed by atoms with Crippen LogP contribution in [0.1, 0.15) is 13.8 Å². The van der Waals surface area contributed by atoms with Gasteiger partial charge in [0.2, 0.25) is 0 Å². The summed E-state index contributed by atoms with van der Waals surface area (Å²) in [7, 11) is 1.54. The molecule has 0 aliphatic heterocycles. The Balaban J connectivity index is 1.58. The predicted octanol–water partition coefficient (Wildman–Crippen LogP) is 5.33. The number of nitrogens with zero attached hydrogens (tertiary/aromatic N) is 1. The molecular formula is C28H27NO4. The Morgan fingerprint density at radius 1 is 0.788 bits per heavy atom. The first kappa shape index (κ1) is 22.4. The molecule has 0 radical (unpaired) electrons. The van der Waals surface area contributed by atoms with E-state index in [2.05, 4.69) is 24.3 Å². The molecule has 3 aromatic carbocycles. The summed E-state index contributed by atoms with van der Waals surface area (Å²) in [5, 5.41) is 9.89. The molecule has 1 aromatic heterocycles. The standard InChI is InChI=1S/C28H27NO4/c1-28(2,31)19-33-25-14-13-24(18-26(25)32-3)29-16-15-23(17-27(29)30)22-11-9-21(10-12-22)20-7-5-4-6-8-20/h4-18,31H,19H2,1-3H3. The van der Waals surface area contributed by atoms with Crippen LogP contribution in [0.5, 0.6) is 11.5 Å². The Morgan fingerprint density at radius 2 is 1.42 bits per heavy atom. The zero-order chi connectivity index (χ0) is 23.4. The van der Waals surface area contributed by atoms with Gasteiger partial charge in [0.25, 0.3) is 5.56 Å². The molecule has 0 spiro atoms. The van der Waals surface area contributed by atoms with Crippen LogP contribution in [0, 0.1) is 0 Å². The van der Waals surface area contributed by atoms with Crippen LogP contribution >= 0.6 is 0 Å². The van der Waals surface area contributed by atoms with Gasteiger partial charge in [-0.05, 0) is 54.3 Å². The van der Waals surface area contributed by atoms with Crippen LogP contribution in [-0.2, 0) is 0 Å². The zero-order valence-electron chi connectivity index (χ0n) is 19.0. The van der Waals surface area contributed by atoms with Gasteiger partial charge in [-0.1, -0.05) is 54.6 Å². The van der Waals surface area contributed by atoms with E-state index in [1.165, 1.54) is 0 Å². The Kier molecular flexibility index (Phi) is 6.33. The number of hydrogen-bond donors (Lipinski definition) is 1. The molecule has 5 nitrogen and oxygen atoms in total. The summed E-state index contributed by atoms with van der Waals surface area (Å²) in [5.41, 5.74) is 3.68. The molecule has 0 fully saturated rings. The monoisotopic (exact) mass is 441 g/mol. The van der Waals surface area contributed by atoms with Crippen molar-refractivity contribution in [2.75, 3.05) is 13.7 Å². The van der Waals surface area contributed by atoms with E-state index in [1.807, 2.05) is 36.4 Å². The predicted molar refractivity (Wildman–Crippen MR) is 131 cm³/mol. The third-order valence-corrected chi connectivity index (χ3v) is 5.25. The van der Waals surface area contributed by atoms with E-state index in [0.29, 0.717) is 17.2 Å². The summed E-state index contributed by atoms with van der Waals surface area (Å²) < 4.78 is 12.7. The molecule has 1 heterocycles. The molecular weight excluding hydrogens is 414 g/mol. The van der Waals surface area contributed by atoms with E-state index in [9.17, 15) is 9.90 Å². The summed E-state index contributed by atoms with van der Waals surface area (Å²) in [6.45, 7) is 3.47. The highest BCUT2D eigenvalue weighted by molar-refractivity contribution is 5.70. The average Bonchev–Trinajstić information content (AvgIpc) is 2.83. The van der Waals surface area contributed by atoms with Crippen molar-refractivity contribution in [3.05, 3.63) is 101 Å². The van der Waals surface area contributed by atoms with Crippen LogP contribution in [0.15, 0.2) is 95.9 Å². The van der Waals surface area contributed by atoms with E-state index in [0.717, 1.165) is 22.3 Å². The second-order valence-electron chi connectivity index (χ2n) is 8.50. The van der Waals surface area contributed by atoms with Crippen molar-refractivity contribution in [1.29, 1.82) is 0 Å². The van der Waals surface area contributed by atoms with Crippen LogP contribution in [0.25, 0.3) is 27.9 Å². The highest BCUT2D eigenvalue weighted by atomic mass is 16.5. The van der Waals surface area contributed by atoms with Gasteiger partial charge in [-0.3, -0.25) is 9.36 Å². The lowest BCUT2D eigenvalue weighted by Crippen LogP contribution is -2.28. The summed E-state index contributed by atoms with van der Waals surface area (Å²) in [4.78, 5) is 12.9. The number of methoxy groups -OCH3 is 1. The maximum atomic E-state index is 12.9. The highest BCUT2D eigenvalue weighted by Crippen LogP contribution is 2.30. The van der Waals surface area contributed by atoms with Crippen molar-refractivity contribution >= 4 is 0 Å². The Labute approximate surface area is 193 Å². The minimum Gasteiger partial charge on any atom is -0.493 e. The van der Waals surface area contributed by atoms with Gasteiger partial charge < -0.3 is 14.6 Å². The molecule has 168 valence electrons. The molecule has 0 bridgehead atoms. The summed E-state index contributed by atoms with van der Waals surface area (Å²) >= 11 is 0. The van der Waals surface area contributed by atoms with Gasteiger partial charge in [0.05, 0.1) is 18.4 Å². The van der Waals surface area contributed by atoms with Gasteiger partial charge in [0.15, 0.2) is 11.5 Å². The van der Waals surface area contributed by atoms with Crippen molar-refractivity contribution < 1.29 is 14.6 Å². The number of pyridine rings is 1. The molecule has 0 aliphatic rings. The van der Waals surface area contributed by atoms with Gasteiger partial charge in [0.1, 0.15) is 6.61 Å². The molecule has 0 aliphatic carbocycles.